The lowest BCUT2D eigenvalue weighted by molar-refractivity contribution is -0.384. The predicted octanol–water partition coefficient (Wildman–Crippen LogP) is 2.81. The quantitative estimate of drug-likeness (QED) is 0.144. The molecule has 2 heterocycles. The fraction of sp³-hybridized carbons (Fsp3) is 0.545. The Morgan fingerprint density at radius 3 is 2.38 bits per heavy atom. The lowest BCUT2D eigenvalue weighted by atomic mass is 9.95. The Hall–Kier alpha value is -2.21. The molecular weight excluding hydrogens is 525 g/mol. The van der Waals surface area contributed by atoms with Crippen LogP contribution in [0.15, 0.2) is 41.4 Å². The molecule has 176 valence electrons. The summed E-state index contributed by atoms with van der Waals surface area (Å²) in [5.74, 6) is 1.06. The number of halogens is 1. The van der Waals surface area contributed by atoms with Crippen molar-refractivity contribution in [1.82, 2.24) is 15.1 Å². The number of rotatable bonds is 6. The number of morpholine rings is 1. The summed E-state index contributed by atoms with van der Waals surface area (Å²) in [6.45, 7) is 11.0. The first-order valence-electron chi connectivity index (χ1n) is 10.7. The van der Waals surface area contributed by atoms with Crippen LogP contribution in [0.25, 0.3) is 0 Å². The van der Waals surface area contributed by atoms with Crippen molar-refractivity contribution in [3.8, 4) is 0 Å². The maximum absolute atomic E-state index is 12.8. The van der Waals surface area contributed by atoms with Gasteiger partial charge in [0.05, 0.1) is 24.7 Å². The molecule has 1 N–H and O–H groups in total. The Morgan fingerprint density at radius 1 is 1.19 bits per heavy atom. The van der Waals surface area contributed by atoms with Gasteiger partial charge in [0, 0.05) is 50.8 Å². The van der Waals surface area contributed by atoms with Crippen LogP contribution in [0.4, 0.5) is 5.69 Å². The predicted molar refractivity (Wildman–Crippen MR) is 134 cm³/mol. The number of guanidine groups is 1. The van der Waals surface area contributed by atoms with Crippen molar-refractivity contribution in [1.29, 1.82) is 0 Å². The van der Waals surface area contributed by atoms with E-state index in [2.05, 4.69) is 16.8 Å². The van der Waals surface area contributed by atoms with Crippen molar-refractivity contribution in [3.63, 3.8) is 0 Å². The molecule has 10 heteroatoms. The number of nitrogens with one attached hydrogen (secondary N) is 1. The first-order valence-corrected chi connectivity index (χ1v) is 10.7. The fourth-order valence-electron chi connectivity index (χ4n) is 3.77. The van der Waals surface area contributed by atoms with Crippen LogP contribution in [0.1, 0.15) is 25.3 Å². The zero-order chi connectivity index (χ0) is 22.2. The molecule has 0 aromatic heterocycles. The highest BCUT2D eigenvalue weighted by Crippen LogP contribution is 2.21. The summed E-state index contributed by atoms with van der Waals surface area (Å²) >= 11 is 0. The van der Waals surface area contributed by atoms with Gasteiger partial charge in [0.1, 0.15) is 0 Å². The third kappa shape index (κ3) is 7.44. The molecule has 2 aliphatic rings. The number of likely N-dealkylation sites (tertiary alicyclic amines) is 1. The number of aliphatic imine (C=N–C) groups is 1. The van der Waals surface area contributed by atoms with Gasteiger partial charge in [-0.2, -0.15) is 0 Å². The van der Waals surface area contributed by atoms with Gasteiger partial charge in [-0.3, -0.25) is 14.9 Å². The van der Waals surface area contributed by atoms with E-state index in [0.29, 0.717) is 39.4 Å². The van der Waals surface area contributed by atoms with Gasteiger partial charge in [-0.15, -0.1) is 24.0 Å². The maximum atomic E-state index is 12.8. The van der Waals surface area contributed by atoms with Crippen molar-refractivity contribution in [3.05, 3.63) is 52.1 Å². The van der Waals surface area contributed by atoms with E-state index >= 15 is 0 Å². The highest BCUT2D eigenvalue weighted by molar-refractivity contribution is 14.0. The number of hydrogen-bond donors (Lipinski definition) is 1. The summed E-state index contributed by atoms with van der Waals surface area (Å²) in [7, 11) is 0. The molecular formula is C22H32IN5O4. The standard InChI is InChI=1S/C22H31N5O4.HI/c1-17(2)15-23-22(24-16-18-3-5-20(6-4-18)27(29)30)26-9-7-19(8-10-26)21(28)25-11-13-31-14-12-25;/h3-6,19H,1,7-16H2,2H3,(H,23,24);1H. The summed E-state index contributed by atoms with van der Waals surface area (Å²) in [5, 5.41) is 14.2. The molecule has 9 nitrogen and oxygen atoms in total. The van der Waals surface area contributed by atoms with Crippen LogP contribution < -0.4 is 5.32 Å². The molecule has 1 aromatic carbocycles. The van der Waals surface area contributed by atoms with Crippen LogP contribution in [-0.4, -0.2) is 72.5 Å². The molecule has 0 spiro atoms. The molecule has 2 saturated heterocycles. The topological polar surface area (TPSA) is 100 Å². The number of piperidine rings is 1. The molecule has 0 saturated carbocycles. The van der Waals surface area contributed by atoms with Crippen LogP contribution in [-0.2, 0) is 16.1 Å². The Morgan fingerprint density at radius 2 is 1.81 bits per heavy atom. The molecule has 0 radical (unpaired) electrons. The molecule has 2 aliphatic heterocycles. The Labute approximate surface area is 206 Å². The molecule has 1 amide bonds. The van der Waals surface area contributed by atoms with Crippen LogP contribution in [0.3, 0.4) is 0 Å². The van der Waals surface area contributed by atoms with E-state index in [1.807, 2.05) is 11.8 Å². The number of non-ortho nitro benzene ring substituents is 1. The second-order valence-corrected chi connectivity index (χ2v) is 8.07. The van der Waals surface area contributed by atoms with Crippen molar-refractivity contribution in [2.75, 3.05) is 45.9 Å². The molecule has 0 bridgehead atoms. The van der Waals surface area contributed by atoms with Gasteiger partial charge in [-0.05, 0) is 25.3 Å². The van der Waals surface area contributed by atoms with Gasteiger partial charge in [-0.1, -0.05) is 24.3 Å². The summed E-state index contributed by atoms with van der Waals surface area (Å²) in [5.41, 5.74) is 1.97. The van der Waals surface area contributed by atoms with Crippen molar-refractivity contribution < 1.29 is 14.5 Å². The number of benzene rings is 1. The van der Waals surface area contributed by atoms with Crippen LogP contribution >= 0.6 is 24.0 Å². The minimum absolute atomic E-state index is 0. The highest BCUT2D eigenvalue weighted by Gasteiger charge is 2.30. The molecule has 3 rings (SSSR count). The number of ether oxygens (including phenoxy) is 1. The minimum atomic E-state index is -0.407. The van der Waals surface area contributed by atoms with Gasteiger partial charge in [0.25, 0.3) is 5.69 Å². The smallest absolute Gasteiger partial charge is 0.269 e. The molecule has 2 fully saturated rings. The number of hydrogen-bond acceptors (Lipinski definition) is 5. The number of nitro benzene ring substituents is 1. The highest BCUT2D eigenvalue weighted by atomic mass is 127. The summed E-state index contributed by atoms with van der Waals surface area (Å²) < 4.78 is 5.35. The average molecular weight is 557 g/mol. The first-order chi connectivity index (χ1) is 14.9. The SMILES string of the molecule is C=C(C)CNC(=NCc1ccc([N+](=O)[O-])cc1)N1CCC(C(=O)N2CCOCC2)CC1.I. The fourth-order valence-corrected chi connectivity index (χ4v) is 3.77. The van der Waals surface area contributed by atoms with Crippen LogP contribution in [0.5, 0.6) is 0 Å². The van der Waals surface area contributed by atoms with E-state index in [9.17, 15) is 14.9 Å². The molecule has 1 aromatic rings. The van der Waals surface area contributed by atoms with E-state index in [4.69, 9.17) is 9.73 Å². The lowest BCUT2D eigenvalue weighted by Gasteiger charge is -2.36. The van der Waals surface area contributed by atoms with Gasteiger partial charge in [0.15, 0.2) is 5.96 Å². The number of carbonyl (C=O) groups excluding carboxylic acids is 1. The Balaban J connectivity index is 0.00000363. The zero-order valence-electron chi connectivity index (χ0n) is 18.5. The minimum Gasteiger partial charge on any atom is -0.378 e. The van der Waals surface area contributed by atoms with Gasteiger partial charge < -0.3 is 19.9 Å². The van der Waals surface area contributed by atoms with Crippen molar-refractivity contribution in [2.24, 2.45) is 10.9 Å². The lowest BCUT2D eigenvalue weighted by Crippen LogP contribution is -2.50. The van der Waals surface area contributed by atoms with Crippen molar-refractivity contribution in [2.45, 2.75) is 26.3 Å². The third-order valence-corrected chi connectivity index (χ3v) is 5.57. The second kappa shape index (κ2) is 12.7. The molecule has 0 aliphatic carbocycles. The van der Waals surface area contributed by atoms with E-state index < -0.39 is 4.92 Å². The number of nitro groups is 1. The number of nitrogens with zero attached hydrogens (tertiary/aromatic N) is 4. The maximum Gasteiger partial charge on any atom is 0.269 e. The number of carbonyl (C=O) groups is 1. The second-order valence-electron chi connectivity index (χ2n) is 8.07. The van der Waals surface area contributed by atoms with Crippen LogP contribution in [0, 0.1) is 16.0 Å². The first kappa shape index (κ1) is 26.0. The molecule has 32 heavy (non-hydrogen) atoms. The normalized spacial score (nSPS) is 17.5. The van der Waals surface area contributed by atoms with E-state index in [1.54, 1.807) is 12.1 Å². The van der Waals surface area contributed by atoms with Gasteiger partial charge in [-0.25, -0.2) is 4.99 Å². The van der Waals surface area contributed by atoms with Crippen molar-refractivity contribution >= 4 is 41.5 Å². The monoisotopic (exact) mass is 557 g/mol. The van der Waals surface area contributed by atoms with E-state index in [0.717, 1.165) is 43.0 Å². The van der Waals surface area contributed by atoms with Gasteiger partial charge in [0.2, 0.25) is 5.91 Å². The largest absolute Gasteiger partial charge is 0.378 e. The molecule has 0 unspecified atom stereocenters. The van der Waals surface area contributed by atoms with Gasteiger partial charge >= 0.3 is 0 Å². The van der Waals surface area contributed by atoms with E-state index in [-0.39, 0.29) is 41.5 Å². The Bertz CT molecular complexity index is 816. The summed E-state index contributed by atoms with van der Waals surface area (Å²) in [4.78, 5) is 32.0. The molecule has 0 atom stereocenters. The van der Waals surface area contributed by atoms with E-state index in [1.165, 1.54) is 12.1 Å². The Kier molecular flexibility index (Phi) is 10.4. The third-order valence-electron chi connectivity index (χ3n) is 5.57. The zero-order valence-corrected chi connectivity index (χ0v) is 20.8. The number of amides is 1. The summed E-state index contributed by atoms with van der Waals surface area (Å²) in [6, 6.07) is 6.44. The average Bonchev–Trinajstić information content (AvgIpc) is 2.79. The summed E-state index contributed by atoms with van der Waals surface area (Å²) in [6.07, 6.45) is 1.59. The van der Waals surface area contributed by atoms with Crippen LogP contribution in [0.2, 0.25) is 0 Å².